The summed E-state index contributed by atoms with van der Waals surface area (Å²) >= 11 is 23.5. The molecule has 0 saturated carbocycles. The van der Waals surface area contributed by atoms with Gasteiger partial charge in [-0.05, 0) is 6.07 Å². The molecule has 0 bridgehead atoms. The van der Waals surface area contributed by atoms with Crippen molar-refractivity contribution >= 4 is 58.1 Å². The summed E-state index contributed by atoms with van der Waals surface area (Å²) in [4.78, 5) is 1.29. The second-order valence-corrected chi connectivity index (χ2v) is 4.33. The molecule has 0 saturated heterocycles. The van der Waals surface area contributed by atoms with E-state index in [9.17, 15) is 0 Å². The van der Waals surface area contributed by atoms with Crippen molar-refractivity contribution in [1.82, 2.24) is 0 Å². The molecule has 0 aromatic heterocycles. The summed E-state index contributed by atoms with van der Waals surface area (Å²) in [7, 11) is 1.54. The first-order valence-corrected chi connectivity index (χ1v) is 5.28. The molecule has 0 atom stereocenters. The lowest BCUT2D eigenvalue weighted by atomic mass is 10.3. The second kappa shape index (κ2) is 4.66. The third-order valence-corrected chi connectivity index (χ3v) is 3.34. The maximum Gasteiger partial charge on any atom is 0.192 e. The number of rotatable bonds is 1. The Hall–Kier alpha value is -0.350. The Balaban J connectivity index is 3.45. The number of hydrogen-bond acceptors (Lipinski definition) is 1. The van der Waals surface area contributed by atoms with Crippen LogP contribution in [0.15, 0.2) is 6.07 Å². The minimum atomic E-state index is -0.211. The molecule has 1 aromatic carbocycles. The van der Waals surface area contributed by atoms with Gasteiger partial charge in [0.15, 0.2) is 5.96 Å². The predicted octanol–water partition coefficient (Wildman–Crippen LogP) is 3.63. The van der Waals surface area contributed by atoms with E-state index in [1.807, 2.05) is 0 Å². The van der Waals surface area contributed by atoms with Gasteiger partial charge in [-0.15, -0.1) is 0 Å². The third-order valence-electron chi connectivity index (χ3n) is 1.79. The van der Waals surface area contributed by atoms with Crippen LogP contribution in [0.4, 0.5) is 5.69 Å². The Morgan fingerprint density at radius 3 is 1.93 bits per heavy atom. The highest BCUT2D eigenvalue weighted by Gasteiger charge is 2.18. The van der Waals surface area contributed by atoms with Crippen molar-refractivity contribution in [3.63, 3.8) is 0 Å². The first-order chi connectivity index (χ1) is 6.86. The van der Waals surface area contributed by atoms with Gasteiger partial charge < -0.3 is 10.6 Å². The molecule has 3 nitrogen and oxygen atoms in total. The van der Waals surface area contributed by atoms with E-state index in [-0.39, 0.29) is 26.1 Å². The van der Waals surface area contributed by atoms with Gasteiger partial charge >= 0.3 is 0 Å². The molecule has 0 aliphatic rings. The Kier molecular flexibility index (Phi) is 3.95. The maximum absolute atomic E-state index is 7.27. The zero-order valence-electron chi connectivity index (χ0n) is 7.61. The molecule has 7 heteroatoms. The molecule has 15 heavy (non-hydrogen) atoms. The van der Waals surface area contributed by atoms with E-state index in [2.05, 4.69) is 0 Å². The average Bonchev–Trinajstić information content (AvgIpc) is 2.15. The van der Waals surface area contributed by atoms with Crippen molar-refractivity contribution in [3.8, 4) is 0 Å². The first-order valence-electron chi connectivity index (χ1n) is 3.77. The van der Waals surface area contributed by atoms with Gasteiger partial charge in [0.25, 0.3) is 0 Å². The fraction of sp³-hybridized carbons (Fsp3) is 0.125. The normalized spacial score (nSPS) is 10.2. The summed E-state index contributed by atoms with van der Waals surface area (Å²) < 4.78 is 0. The zero-order valence-corrected chi connectivity index (χ0v) is 10.6. The molecule has 0 fully saturated rings. The molecule has 0 aliphatic carbocycles. The number of halogens is 4. The average molecular weight is 287 g/mol. The molecule has 3 N–H and O–H groups in total. The van der Waals surface area contributed by atoms with Gasteiger partial charge in [-0.2, -0.15) is 0 Å². The summed E-state index contributed by atoms with van der Waals surface area (Å²) in [6, 6.07) is 1.44. The van der Waals surface area contributed by atoms with Crippen LogP contribution < -0.4 is 10.6 Å². The summed E-state index contributed by atoms with van der Waals surface area (Å²) in [6.45, 7) is 0. The van der Waals surface area contributed by atoms with Crippen LogP contribution in [-0.2, 0) is 0 Å². The Labute approximate surface area is 107 Å². The van der Waals surface area contributed by atoms with Crippen molar-refractivity contribution in [2.45, 2.75) is 0 Å². The number of anilines is 1. The van der Waals surface area contributed by atoms with E-state index in [4.69, 9.17) is 57.5 Å². The summed E-state index contributed by atoms with van der Waals surface area (Å²) in [5, 5.41) is 8.21. The molecule has 0 unspecified atom stereocenters. The van der Waals surface area contributed by atoms with E-state index in [1.165, 1.54) is 11.0 Å². The van der Waals surface area contributed by atoms with E-state index >= 15 is 0 Å². The topological polar surface area (TPSA) is 53.1 Å². The van der Waals surface area contributed by atoms with Crippen molar-refractivity contribution in [3.05, 3.63) is 26.2 Å². The van der Waals surface area contributed by atoms with E-state index < -0.39 is 0 Å². The molecule has 1 aromatic rings. The SMILES string of the molecule is CN(C(=N)N)c1c(Cl)c(Cl)cc(Cl)c1Cl. The molecule has 0 amide bonds. The standard InChI is InChI=1S/C8H7Cl4N3/c1-15(8(13)14)7-5(11)3(9)2-4(10)6(7)12/h2H,1H3,(H3,13,14). The monoisotopic (exact) mass is 285 g/mol. The molecule has 0 spiro atoms. The largest absolute Gasteiger partial charge is 0.370 e. The number of hydrogen-bond donors (Lipinski definition) is 2. The van der Waals surface area contributed by atoms with Gasteiger partial charge in [0.1, 0.15) is 0 Å². The second-order valence-electron chi connectivity index (χ2n) is 2.76. The van der Waals surface area contributed by atoms with E-state index in [1.54, 1.807) is 7.05 Å². The summed E-state index contributed by atoms with van der Waals surface area (Å²) in [5.41, 5.74) is 5.63. The molecular formula is C8H7Cl4N3. The van der Waals surface area contributed by atoms with Crippen LogP contribution >= 0.6 is 46.4 Å². The van der Waals surface area contributed by atoms with Crippen molar-refractivity contribution in [2.75, 3.05) is 11.9 Å². The lowest BCUT2D eigenvalue weighted by molar-refractivity contribution is 1.20. The van der Waals surface area contributed by atoms with Gasteiger partial charge in [-0.25, -0.2) is 0 Å². The van der Waals surface area contributed by atoms with Gasteiger partial charge in [0, 0.05) is 7.05 Å². The van der Waals surface area contributed by atoms with Crippen LogP contribution in [0, 0.1) is 5.41 Å². The van der Waals surface area contributed by atoms with Crippen LogP contribution in [0.5, 0.6) is 0 Å². The first kappa shape index (κ1) is 12.7. The summed E-state index contributed by atoms with van der Waals surface area (Å²) in [5.74, 6) is -0.211. The highest BCUT2D eigenvalue weighted by molar-refractivity contribution is 6.50. The molecule has 1 rings (SSSR count). The smallest absolute Gasteiger partial charge is 0.192 e. The lowest BCUT2D eigenvalue weighted by Gasteiger charge is -2.20. The Morgan fingerprint density at radius 1 is 1.20 bits per heavy atom. The van der Waals surface area contributed by atoms with Crippen LogP contribution in [0.25, 0.3) is 0 Å². The summed E-state index contributed by atoms with van der Waals surface area (Å²) in [6.07, 6.45) is 0. The van der Waals surface area contributed by atoms with E-state index in [0.717, 1.165) is 0 Å². The minimum Gasteiger partial charge on any atom is -0.370 e. The van der Waals surface area contributed by atoms with Crippen LogP contribution in [0.3, 0.4) is 0 Å². The molecule has 0 aliphatic heterocycles. The fourth-order valence-electron chi connectivity index (χ4n) is 0.975. The van der Waals surface area contributed by atoms with Gasteiger partial charge in [-0.1, -0.05) is 46.4 Å². The third kappa shape index (κ3) is 2.42. The van der Waals surface area contributed by atoms with Crippen molar-refractivity contribution in [1.29, 1.82) is 5.41 Å². The number of nitrogens with one attached hydrogen (secondary N) is 1. The number of nitrogens with two attached hydrogens (primary N) is 1. The van der Waals surface area contributed by atoms with Crippen LogP contribution in [0.1, 0.15) is 0 Å². The number of benzene rings is 1. The minimum absolute atomic E-state index is 0.211. The number of nitrogens with zero attached hydrogens (tertiary/aromatic N) is 1. The molecule has 0 heterocycles. The molecule has 0 radical (unpaired) electrons. The quantitative estimate of drug-likeness (QED) is 0.471. The number of guanidine groups is 1. The highest BCUT2D eigenvalue weighted by atomic mass is 35.5. The van der Waals surface area contributed by atoms with Gasteiger partial charge in [-0.3, -0.25) is 5.41 Å². The fourth-order valence-corrected chi connectivity index (χ4v) is 2.03. The van der Waals surface area contributed by atoms with Crippen molar-refractivity contribution < 1.29 is 0 Å². The molecular weight excluding hydrogens is 280 g/mol. The van der Waals surface area contributed by atoms with E-state index in [0.29, 0.717) is 5.69 Å². The lowest BCUT2D eigenvalue weighted by Crippen LogP contribution is -2.33. The zero-order chi connectivity index (χ0) is 11.7. The Bertz CT molecular complexity index is 393. The predicted molar refractivity (Wildman–Crippen MR) is 66.8 cm³/mol. The Morgan fingerprint density at radius 2 is 1.60 bits per heavy atom. The molecule has 82 valence electrons. The van der Waals surface area contributed by atoms with Gasteiger partial charge in [0.2, 0.25) is 0 Å². The van der Waals surface area contributed by atoms with Gasteiger partial charge in [0.05, 0.1) is 25.8 Å². The van der Waals surface area contributed by atoms with Crippen LogP contribution in [-0.4, -0.2) is 13.0 Å². The highest BCUT2D eigenvalue weighted by Crippen LogP contribution is 2.42. The van der Waals surface area contributed by atoms with Crippen LogP contribution in [0.2, 0.25) is 20.1 Å². The van der Waals surface area contributed by atoms with Crippen molar-refractivity contribution in [2.24, 2.45) is 5.73 Å². The maximum atomic E-state index is 7.27.